The van der Waals surface area contributed by atoms with Crippen LogP contribution in [0.3, 0.4) is 0 Å². The zero-order chi connectivity index (χ0) is 20.2. The topological polar surface area (TPSA) is 88.0 Å². The molecule has 146 valence electrons. The van der Waals surface area contributed by atoms with E-state index in [2.05, 4.69) is 5.32 Å². The largest absolute Gasteiger partial charge is 0.508 e. The maximum Gasteiger partial charge on any atom is 0.416 e. The van der Waals surface area contributed by atoms with Crippen LogP contribution in [0.15, 0.2) is 36.4 Å². The third kappa shape index (κ3) is 5.04. The Hall–Kier alpha value is -2.94. The summed E-state index contributed by atoms with van der Waals surface area (Å²) in [5.74, 6) is -1.25. The van der Waals surface area contributed by atoms with Crippen LogP contribution in [0.4, 0.5) is 13.2 Å². The number of ether oxygens (including phenoxy) is 2. The fraction of sp³-hybridized carbons (Fsp3) is 0.278. The van der Waals surface area contributed by atoms with Crippen LogP contribution in [-0.4, -0.2) is 30.4 Å². The van der Waals surface area contributed by atoms with E-state index in [1.54, 1.807) is 0 Å². The Morgan fingerprint density at radius 2 is 1.85 bits per heavy atom. The number of alkyl halides is 3. The Kier molecular flexibility index (Phi) is 6.17. The Labute approximate surface area is 153 Å². The van der Waals surface area contributed by atoms with Gasteiger partial charge in [0.2, 0.25) is 0 Å². The van der Waals surface area contributed by atoms with Crippen LogP contribution >= 0.6 is 0 Å². The average molecular weight is 385 g/mol. The lowest BCUT2D eigenvalue weighted by atomic mass is 10.0. The second kappa shape index (κ2) is 8.17. The lowest BCUT2D eigenvalue weighted by Crippen LogP contribution is -2.29. The number of nitrogens with one attached hydrogen (secondary N) is 1. The molecule has 0 saturated carbocycles. The summed E-state index contributed by atoms with van der Waals surface area (Å²) in [7, 11) is 2.53. The van der Waals surface area contributed by atoms with Crippen molar-refractivity contribution in [3.63, 3.8) is 0 Å². The van der Waals surface area contributed by atoms with Crippen molar-refractivity contribution in [3.05, 3.63) is 53.1 Å². The highest BCUT2D eigenvalue weighted by Gasteiger charge is 2.31. The summed E-state index contributed by atoms with van der Waals surface area (Å²) in [5, 5.41) is 22.2. The summed E-state index contributed by atoms with van der Waals surface area (Å²) in [5.41, 5.74) is -0.554. The average Bonchev–Trinajstić information content (AvgIpc) is 2.60. The number of halogens is 3. The second-order valence-corrected chi connectivity index (χ2v) is 5.65. The molecule has 0 aliphatic rings. The first-order valence-electron chi connectivity index (χ1n) is 7.74. The van der Waals surface area contributed by atoms with Gasteiger partial charge in [-0.05, 0) is 41.5 Å². The molecule has 2 aromatic carbocycles. The standard InChI is InChI=1S/C18H18F3NO5/c1-26-15-4-3-11(7-14(15)24)16(17(25)27-2)22-9-10-5-12(18(19,20)21)8-13(23)6-10/h3-8,16,22-24H,9H2,1-2H3. The van der Waals surface area contributed by atoms with Gasteiger partial charge in [-0.25, -0.2) is 4.79 Å². The molecule has 2 rings (SSSR count). The van der Waals surface area contributed by atoms with Gasteiger partial charge in [0.05, 0.1) is 19.8 Å². The first kappa shape index (κ1) is 20.4. The highest BCUT2D eigenvalue weighted by Crippen LogP contribution is 2.33. The maximum absolute atomic E-state index is 12.9. The fourth-order valence-electron chi connectivity index (χ4n) is 2.50. The molecule has 9 heteroatoms. The molecule has 27 heavy (non-hydrogen) atoms. The Morgan fingerprint density at radius 3 is 2.41 bits per heavy atom. The zero-order valence-electron chi connectivity index (χ0n) is 14.5. The van der Waals surface area contributed by atoms with Crippen LogP contribution in [0, 0.1) is 0 Å². The normalized spacial score (nSPS) is 12.5. The quantitative estimate of drug-likeness (QED) is 0.663. The number of hydrogen-bond donors (Lipinski definition) is 3. The molecule has 3 N–H and O–H groups in total. The Balaban J connectivity index is 2.27. The van der Waals surface area contributed by atoms with Crippen molar-refractivity contribution in [1.82, 2.24) is 5.32 Å². The molecular formula is C18H18F3NO5. The minimum atomic E-state index is -4.61. The molecular weight excluding hydrogens is 367 g/mol. The second-order valence-electron chi connectivity index (χ2n) is 5.65. The first-order chi connectivity index (χ1) is 12.7. The molecule has 0 aliphatic heterocycles. The van der Waals surface area contributed by atoms with Crippen molar-refractivity contribution >= 4 is 5.97 Å². The number of phenols is 2. The SMILES string of the molecule is COC(=O)C(NCc1cc(O)cc(C(F)(F)F)c1)c1ccc(OC)c(O)c1. The molecule has 1 atom stereocenters. The monoisotopic (exact) mass is 385 g/mol. The number of phenolic OH excluding ortho intramolecular Hbond substituents is 2. The smallest absolute Gasteiger partial charge is 0.416 e. The van der Waals surface area contributed by atoms with Crippen molar-refractivity contribution in [1.29, 1.82) is 0 Å². The Bertz CT molecular complexity index is 823. The minimum Gasteiger partial charge on any atom is -0.508 e. The minimum absolute atomic E-state index is 0.119. The van der Waals surface area contributed by atoms with Crippen molar-refractivity contribution in [2.45, 2.75) is 18.8 Å². The number of methoxy groups -OCH3 is 2. The summed E-state index contributed by atoms with van der Waals surface area (Å²) in [4.78, 5) is 12.1. The lowest BCUT2D eigenvalue weighted by Gasteiger charge is -2.18. The number of benzene rings is 2. The summed E-state index contributed by atoms with van der Waals surface area (Å²) in [6.07, 6.45) is -4.61. The fourth-order valence-corrected chi connectivity index (χ4v) is 2.50. The van der Waals surface area contributed by atoms with E-state index < -0.39 is 29.5 Å². The van der Waals surface area contributed by atoms with Crippen LogP contribution in [-0.2, 0) is 22.3 Å². The molecule has 0 bridgehead atoms. The van der Waals surface area contributed by atoms with Gasteiger partial charge in [-0.3, -0.25) is 5.32 Å². The van der Waals surface area contributed by atoms with Gasteiger partial charge in [0.25, 0.3) is 0 Å². The molecule has 0 saturated heterocycles. The molecule has 1 unspecified atom stereocenters. The van der Waals surface area contributed by atoms with E-state index in [1.165, 1.54) is 25.3 Å². The van der Waals surface area contributed by atoms with Crippen LogP contribution in [0.2, 0.25) is 0 Å². The molecule has 6 nitrogen and oxygen atoms in total. The van der Waals surface area contributed by atoms with Crippen LogP contribution < -0.4 is 10.1 Å². The summed E-state index contributed by atoms with van der Waals surface area (Å²) >= 11 is 0. The summed E-state index contributed by atoms with van der Waals surface area (Å²) in [6, 6.07) is 5.83. The third-order valence-corrected chi connectivity index (χ3v) is 3.79. The van der Waals surface area contributed by atoms with Gasteiger partial charge in [0.1, 0.15) is 11.8 Å². The van der Waals surface area contributed by atoms with E-state index >= 15 is 0 Å². The predicted molar refractivity (Wildman–Crippen MR) is 89.4 cm³/mol. The van der Waals surface area contributed by atoms with Crippen molar-refractivity contribution < 1.29 is 37.7 Å². The highest BCUT2D eigenvalue weighted by atomic mass is 19.4. The third-order valence-electron chi connectivity index (χ3n) is 3.79. The van der Waals surface area contributed by atoms with Crippen LogP contribution in [0.1, 0.15) is 22.7 Å². The molecule has 0 amide bonds. The van der Waals surface area contributed by atoms with E-state index in [0.29, 0.717) is 11.6 Å². The number of rotatable bonds is 6. The van der Waals surface area contributed by atoms with Crippen molar-refractivity contribution in [2.75, 3.05) is 14.2 Å². The van der Waals surface area contributed by atoms with Gasteiger partial charge >= 0.3 is 12.1 Å². The van der Waals surface area contributed by atoms with Gasteiger partial charge in [-0.1, -0.05) is 6.07 Å². The van der Waals surface area contributed by atoms with Crippen LogP contribution in [0.5, 0.6) is 17.2 Å². The molecule has 0 fully saturated rings. The number of carbonyl (C=O) groups is 1. The number of carbonyl (C=O) groups excluding carboxylic acids is 1. The molecule has 2 aromatic rings. The van der Waals surface area contributed by atoms with Gasteiger partial charge < -0.3 is 19.7 Å². The number of esters is 1. The Morgan fingerprint density at radius 1 is 1.15 bits per heavy atom. The first-order valence-corrected chi connectivity index (χ1v) is 7.74. The van der Waals surface area contributed by atoms with E-state index in [-0.39, 0.29) is 23.6 Å². The molecule has 0 radical (unpaired) electrons. The van der Waals surface area contributed by atoms with Gasteiger partial charge in [-0.2, -0.15) is 13.2 Å². The van der Waals surface area contributed by atoms with E-state index in [4.69, 9.17) is 9.47 Å². The summed E-state index contributed by atoms with van der Waals surface area (Å²) < 4.78 is 48.2. The predicted octanol–water partition coefficient (Wildman–Crippen LogP) is 3.13. The molecule has 0 spiro atoms. The molecule has 0 aromatic heterocycles. The van der Waals surface area contributed by atoms with E-state index in [9.17, 15) is 28.2 Å². The van der Waals surface area contributed by atoms with Crippen molar-refractivity contribution in [2.24, 2.45) is 0 Å². The van der Waals surface area contributed by atoms with Crippen LogP contribution in [0.25, 0.3) is 0 Å². The van der Waals surface area contributed by atoms with Crippen molar-refractivity contribution in [3.8, 4) is 17.2 Å². The lowest BCUT2D eigenvalue weighted by molar-refractivity contribution is -0.143. The molecule has 0 aliphatic carbocycles. The maximum atomic E-state index is 12.9. The molecule has 0 heterocycles. The number of hydrogen-bond acceptors (Lipinski definition) is 6. The zero-order valence-corrected chi connectivity index (χ0v) is 14.5. The summed E-state index contributed by atoms with van der Waals surface area (Å²) in [6.45, 7) is -0.163. The van der Waals surface area contributed by atoms with Gasteiger partial charge in [0, 0.05) is 6.54 Å². The van der Waals surface area contributed by atoms with Gasteiger partial charge in [0.15, 0.2) is 11.5 Å². The van der Waals surface area contributed by atoms with Gasteiger partial charge in [-0.15, -0.1) is 0 Å². The number of aromatic hydroxyl groups is 2. The van der Waals surface area contributed by atoms with E-state index in [0.717, 1.165) is 19.2 Å². The van der Waals surface area contributed by atoms with E-state index in [1.807, 2.05) is 0 Å². The highest BCUT2D eigenvalue weighted by molar-refractivity contribution is 5.78.